The van der Waals surface area contributed by atoms with Crippen LogP contribution in [0.15, 0.2) is 18.2 Å². The summed E-state index contributed by atoms with van der Waals surface area (Å²) in [5.41, 5.74) is 3.11. The number of carbonyl (C=O) groups excluding carboxylic acids is 2. The normalized spacial score (nSPS) is 21.7. The number of nitrogens with zero attached hydrogens (tertiary/aromatic N) is 1. The van der Waals surface area contributed by atoms with Gasteiger partial charge in [0, 0.05) is 24.7 Å². The molecule has 23 heavy (non-hydrogen) atoms. The van der Waals surface area contributed by atoms with Crippen molar-refractivity contribution in [1.29, 1.82) is 0 Å². The van der Waals surface area contributed by atoms with Gasteiger partial charge < -0.3 is 10.2 Å². The zero-order valence-corrected chi connectivity index (χ0v) is 14.8. The highest BCUT2D eigenvalue weighted by atomic mass is 16.2. The number of benzene rings is 1. The Kier molecular flexibility index (Phi) is 5.45. The number of nitrogens with one attached hydrogen (secondary N) is 1. The van der Waals surface area contributed by atoms with E-state index in [4.69, 9.17) is 0 Å². The lowest BCUT2D eigenvalue weighted by molar-refractivity contribution is -0.141. The summed E-state index contributed by atoms with van der Waals surface area (Å²) in [4.78, 5) is 26.7. The fraction of sp³-hybridized carbons (Fsp3) is 0.579. The molecule has 1 saturated heterocycles. The molecule has 1 fully saturated rings. The molecule has 2 atom stereocenters. The number of aryl methyl sites for hydroxylation is 2. The van der Waals surface area contributed by atoms with Crippen LogP contribution in [0.2, 0.25) is 0 Å². The van der Waals surface area contributed by atoms with E-state index < -0.39 is 0 Å². The first-order valence-electron chi connectivity index (χ1n) is 8.47. The first-order valence-corrected chi connectivity index (χ1v) is 8.47. The summed E-state index contributed by atoms with van der Waals surface area (Å²) < 4.78 is 0. The zero-order chi connectivity index (χ0) is 17.1. The number of piperidine rings is 1. The highest BCUT2D eigenvalue weighted by molar-refractivity contribution is 5.95. The van der Waals surface area contributed by atoms with Crippen molar-refractivity contribution >= 4 is 17.5 Å². The van der Waals surface area contributed by atoms with E-state index in [9.17, 15) is 9.59 Å². The highest BCUT2D eigenvalue weighted by Gasteiger charge is 2.37. The van der Waals surface area contributed by atoms with Gasteiger partial charge in [-0.15, -0.1) is 0 Å². The number of hydrogen-bond donors (Lipinski definition) is 1. The molecule has 1 aliphatic heterocycles. The van der Waals surface area contributed by atoms with E-state index in [0.717, 1.165) is 11.3 Å². The van der Waals surface area contributed by atoms with Crippen molar-refractivity contribution in [2.75, 3.05) is 11.9 Å². The van der Waals surface area contributed by atoms with Crippen LogP contribution in [0.5, 0.6) is 0 Å². The van der Waals surface area contributed by atoms with Crippen LogP contribution in [0.1, 0.15) is 44.7 Å². The first-order chi connectivity index (χ1) is 10.8. The van der Waals surface area contributed by atoms with E-state index in [2.05, 4.69) is 25.2 Å². The van der Waals surface area contributed by atoms with E-state index in [-0.39, 0.29) is 23.8 Å². The second kappa shape index (κ2) is 7.16. The van der Waals surface area contributed by atoms with Gasteiger partial charge in [0.15, 0.2) is 0 Å². The molecule has 1 aromatic rings. The minimum atomic E-state index is -0.146. The molecular formula is C19H28N2O2. The minimum absolute atomic E-state index is 0.0192. The highest BCUT2D eigenvalue weighted by Crippen LogP contribution is 2.27. The maximum absolute atomic E-state index is 12.7. The Morgan fingerprint density at radius 3 is 2.65 bits per heavy atom. The van der Waals surface area contributed by atoms with E-state index >= 15 is 0 Å². The van der Waals surface area contributed by atoms with Crippen LogP contribution in [0.3, 0.4) is 0 Å². The largest absolute Gasteiger partial charge is 0.339 e. The number of amides is 2. The molecule has 0 bridgehead atoms. The van der Waals surface area contributed by atoms with Gasteiger partial charge in [0.2, 0.25) is 11.8 Å². The molecule has 2 amide bonds. The Balaban J connectivity index is 2.10. The van der Waals surface area contributed by atoms with E-state index in [1.54, 1.807) is 0 Å². The van der Waals surface area contributed by atoms with Gasteiger partial charge in [-0.3, -0.25) is 9.59 Å². The lowest BCUT2D eigenvalue weighted by atomic mass is 9.88. The van der Waals surface area contributed by atoms with Crippen LogP contribution >= 0.6 is 0 Å². The Morgan fingerprint density at radius 1 is 1.35 bits per heavy atom. The lowest BCUT2D eigenvalue weighted by Gasteiger charge is -2.39. The molecule has 0 aliphatic carbocycles. The quantitative estimate of drug-likeness (QED) is 0.924. The molecular weight excluding hydrogens is 288 g/mol. The van der Waals surface area contributed by atoms with Crippen molar-refractivity contribution < 1.29 is 9.59 Å². The summed E-state index contributed by atoms with van der Waals surface area (Å²) in [6.07, 6.45) is 1.09. The zero-order valence-electron chi connectivity index (χ0n) is 14.8. The molecule has 0 radical (unpaired) electrons. The molecule has 2 rings (SSSR count). The number of anilines is 1. The average Bonchev–Trinajstić information content (AvgIpc) is 2.46. The molecule has 0 saturated carbocycles. The van der Waals surface area contributed by atoms with Gasteiger partial charge in [-0.1, -0.05) is 31.5 Å². The molecule has 126 valence electrons. The van der Waals surface area contributed by atoms with Crippen molar-refractivity contribution in [2.24, 2.45) is 11.8 Å². The maximum Gasteiger partial charge on any atom is 0.229 e. The Labute approximate surface area is 139 Å². The van der Waals surface area contributed by atoms with Gasteiger partial charge in [-0.2, -0.15) is 0 Å². The number of hydrogen-bond acceptors (Lipinski definition) is 2. The summed E-state index contributed by atoms with van der Waals surface area (Å²) in [6.45, 7) is 10.9. The molecule has 2 unspecified atom stereocenters. The predicted molar refractivity (Wildman–Crippen MR) is 93.3 cm³/mol. The van der Waals surface area contributed by atoms with Crippen LogP contribution in [-0.2, 0) is 9.59 Å². The van der Waals surface area contributed by atoms with E-state index in [0.29, 0.717) is 25.3 Å². The third kappa shape index (κ3) is 4.12. The second-order valence-corrected chi connectivity index (χ2v) is 7.13. The third-order valence-corrected chi connectivity index (χ3v) is 4.60. The Hall–Kier alpha value is -1.84. The minimum Gasteiger partial charge on any atom is -0.339 e. The van der Waals surface area contributed by atoms with Crippen molar-refractivity contribution in [3.63, 3.8) is 0 Å². The average molecular weight is 316 g/mol. The first kappa shape index (κ1) is 17.5. The number of rotatable bonds is 4. The molecule has 0 spiro atoms. The van der Waals surface area contributed by atoms with Crippen LogP contribution in [0, 0.1) is 25.7 Å². The number of carbonyl (C=O) groups is 2. The van der Waals surface area contributed by atoms with E-state index in [1.807, 2.05) is 37.8 Å². The van der Waals surface area contributed by atoms with Gasteiger partial charge in [0.05, 0.1) is 5.92 Å². The molecule has 1 aliphatic rings. The van der Waals surface area contributed by atoms with Crippen LogP contribution in [-0.4, -0.2) is 29.3 Å². The van der Waals surface area contributed by atoms with Crippen molar-refractivity contribution in [3.8, 4) is 0 Å². The fourth-order valence-corrected chi connectivity index (χ4v) is 3.30. The van der Waals surface area contributed by atoms with Crippen LogP contribution in [0.25, 0.3) is 0 Å². The van der Waals surface area contributed by atoms with Crippen LogP contribution < -0.4 is 5.32 Å². The van der Waals surface area contributed by atoms with Gasteiger partial charge >= 0.3 is 0 Å². The summed E-state index contributed by atoms with van der Waals surface area (Å²) in [5.74, 6) is 0.446. The number of likely N-dealkylation sites (tertiary alicyclic amines) is 1. The third-order valence-electron chi connectivity index (χ3n) is 4.60. The monoisotopic (exact) mass is 316 g/mol. The summed E-state index contributed by atoms with van der Waals surface area (Å²) >= 11 is 0. The van der Waals surface area contributed by atoms with Gasteiger partial charge in [0.1, 0.15) is 0 Å². The Morgan fingerprint density at radius 2 is 2.04 bits per heavy atom. The summed E-state index contributed by atoms with van der Waals surface area (Å²) in [6, 6.07) is 5.97. The molecule has 1 aromatic carbocycles. The SMILES string of the molecule is Cc1ccc(NC(=O)C2CCC(=O)N(CC(C)C)C2C)c(C)c1. The topological polar surface area (TPSA) is 49.4 Å². The summed E-state index contributed by atoms with van der Waals surface area (Å²) in [5, 5.41) is 3.05. The standard InChI is InChI=1S/C19H28N2O2/c1-12(2)11-21-15(5)16(7-9-18(21)22)19(23)20-17-8-6-13(3)10-14(17)4/h6,8,10,12,15-16H,7,9,11H2,1-5H3,(H,20,23). The van der Waals surface area contributed by atoms with Crippen LogP contribution in [0.4, 0.5) is 5.69 Å². The summed E-state index contributed by atoms with van der Waals surface area (Å²) in [7, 11) is 0. The molecule has 4 nitrogen and oxygen atoms in total. The van der Waals surface area contributed by atoms with Crippen molar-refractivity contribution in [1.82, 2.24) is 4.90 Å². The molecule has 0 aromatic heterocycles. The smallest absolute Gasteiger partial charge is 0.229 e. The maximum atomic E-state index is 12.7. The van der Waals surface area contributed by atoms with Crippen molar-refractivity contribution in [2.45, 2.75) is 53.5 Å². The van der Waals surface area contributed by atoms with Gasteiger partial charge in [0.25, 0.3) is 0 Å². The van der Waals surface area contributed by atoms with E-state index in [1.165, 1.54) is 5.56 Å². The lowest BCUT2D eigenvalue weighted by Crippen LogP contribution is -2.51. The Bertz CT molecular complexity index is 595. The molecule has 1 heterocycles. The predicted octanol–water partition coefficient (Wildman–Crippen LogP) is 3.53. The molecule has 4 heteroatoms. The fourth-order valence-electron chi connectivity index (χ4n) is 3.30. The van der Waals surface area contributed by atoms with Gasteiger partial charge in [-0.05, 0) is 44.7 Å². The molecule has 1 N–H and O–H groups in total. The van der Waals surface area contributed by atoms with Gasteiger partial charge in [-0.25, -0.2) is 0 Å². The van der Waals surface area contributed by atoms with Crippen molar-refractivity contribution in [3.05, 3.63) is 29.3 Å². The second-order valence-electron chi connectivity index (χ2n) is 7.13.